The first-order chi connectivity index (χ1) is 6.71. The number of ether oxygens (including phenoxy) is 2. The number of methoxy groups -OCH3 is 2. The minimum atomic E-state index is -0.340. The van der Waals surface area contributed by atoms with Crippen molar-refractivity contribution in [2.75, 3.05) is 33.2 Å². The normalized spacial score (nSPS) is 22.4. The molecular formula is C9H16ClNO3. The third-order valence-corrected chi connectivity index (χ3v) is 2.84. The third kappa shape index (κ3) is 2.83. The summed E-state index contributed by atoms with van der Waals surface area (Å²) in [7, 11) is 3.13. The maximum absolute atomic E-state index is 11.5. The van der Waals surface area contributed by atoms with Crippen LogP contribution in [0.25, 0.3) is 0 Å². The fourth-order valence-electron chi connectivity index (χ4n) is 1.56. The molecule has 1 aliphatic rings. The molecule has 1 rings (SSSR count). The fraction of sp³-hybridized carbons (Fsp3) is 0.889. The Kier molecular flexibility index (Phi) is 4.65. The van der Waals surface area contributed by atoms with E-state index in [0.717, 1.165) is 0 Å². The molecule has 1 amide bonds. The van der Waals surface area contributed by atoms with Crippen LogP contribution in [0.1, 0.15) is 6.42 Å². The van der Waals surface area contributed by atoms with Crippen molar-refractivity contribution in [1.29, 1.82) is 0 Å². The van der Waals surface area contributed by atoms with E-state index in [4.69, 9.17) is 21.1 Å². The van der Waals surface area contributed by atoms with Crippen LogP contribution in [0.5, 0.6) is 0 Å². The average Bonchev–Trinajstić information content (AvgIpc) is 2.56. The summed E-state index contributed by atoms with van der Waals surface area (Å²) in [4.78, 5) is 13.2. The van der Waals surface area contributed by atoms with Crippen LogP contribution in [0.2, 0.25) is 0 Å². The highest BCUT2D eigenvalue weighted by Crippen LogP contribution is 2.19. The molecule has 4 nitrogen and oxygen atoms in total. The molecule has 1 unspecified atom stereocenters. The quantitative estimate of drug-likeness (QED) is 0.507. The Labute approximate surface area is 89.1 Å². The third-order valence-electron chi connectivity index (χ3n) is 2.41. The maximum Gasteiger partial charge on any atom is 0.223 e. The summed E-state index contributed by atoms with van der Waals surface area (Å²) < 4.78 is 10.1. The summed E-state index contributed by atoms with van der Waals surface area (Å²) in [5.74, 6) is 0.945. The largest absolute Gasteiger partial charge is 0.354 e. The summed E-state index contributed by atoms with van der Waals surface area (Å²) in [6.07, 6.45) is 0.205. The summed E-state index contributed by atoms with van der Waals surface area (Å²) >= 11 is 5.70. The molecule has 0 N–H and O–H groups in total. The van der Waals surface area contributed by atoms with E-state index in [1.54, 1.807) is 19.1 Å². The predicted molar refractivity (Wildman–Crippen MR) is 53.2 cm³/mol. The molecule has 1 atom stereocenters. The average molecular weight is 222 g/mol. The number of amides is 1. The van der Waals surface area contributed by atoms with Crippen LogP contribution in [0.4, 0.5) is 0 Å². The van der Waals surface area contributed by atoms with E-state index >= 15 is 0 Å². The highest BCUT2D eigenvalue weighted by Gasteiger charge is 2.30. The van der Waals surface area contributed by atoms with Gasteiger partial charge < -0.3 is 14.4 Å². The first kappa shape index (κ1) is 11.8. The second-order valence-electron chi connectivity index (χ2n) is 3.42. The summed E-state index contributed by atoms with van der Waals surface area (Å²) in [6.45, 7) is 1.20. The van der Waals surface area contributed by atoms with Gasteiger partial charge in [-0.05, 0) is 5.92 Å². The first-order valence-corrected chi connectivity index (χ1v) is 5.14. The first-order valence-electron chi connectivity index (χ1n) is 4.60. The number of nitrogens with zero attached hydrogens (tertiary/aromatic N) is 1. The monoisotopic (exact) mass is 221 g/mol. The number of alkyl halides is 1. The number of hydrogen-bond acceptors (Lipinski definition) is 3. The zero-order valence-electron chi connectivity index (χ0n) is 8.53. The zero-order chi connectivity index (χ0) is 10.6. The van der Waals surface area contributed by atoms with Crippen LogP contribution in [0.3, 0.4) is 0 Å². The number of carbonyl (C=O) groups excluding carboxylic acids is 1. The van der Waals surface area contributed by atoms with Crippen molar-refractivity contribution >= 4 is 17.5 Å². The van der Waals surface area contributed by atoms with Crippen LogP contribution in [-0.2, 0) is 14.3 Å². The van der Waals surface area contributed by atoms with Gasteiger partial charge in [0.25, 0.3) is 0 Å². The Bertz CT molecular complexity index is 196. The smallest absolute Gasteiger partial charge is 0.223 e. The van der Waals surface area contributed by atoms with E-state index in [1.165, 1.54) is 0 Å². The molecule has 1 fully saturated rings. The lowest BCUT2D eigenvalue weighted by Gasteiger charge is -2.21. The van der Waals surface area contributed by atoms with Crippen molar-refractivity contribution < 1.29 is 14.3 Å². The highest BCUT2D eigenvalue weighted by atomic mass is 35.5. The van der Waals surface area contributed by atoms with Gasteiger partial charge in [0.05, 0.1) is 6.54 Å². The standard InChI is InChI=1S/C9H16ClNO3/c1-13-9(14-2)6-11-5-7(4-10)3-8(11)12/h7,9H,3-6H2,1-2H3. The number of halogens is 1. The van der Waals surface area contributed by atoms with Crippen LogP contribution >= 0.6 is 11.6 Å². The Morgan fingerprint density at radius 1 is 1.57 bits per heavy atom. The Hall–Kier alpha value is -0.320. The molecule has 0 aromatic rings. The van der Waals surface area contributed by atoms with Gasteiger partial charge >= 0.3 is 0 Å². The van der Waals surface area contributed by atoms with E-state index in [9.17, 15) is 4.79 Å². The topological polar surface area (TPSA) is 38.8 Å². The van der Waals surface area contributed by atoms with Gasteiger partial charge in [0, 0.05) is 33.1 Å². The molecule has 1 saturated heterocycles. The van der Waals surface area contributed by atoms with Gasteiger partial charge in [-0.15, -0.1) is 11.6 Å². The lowest BCUT2D eigenvalue weighted by molar-refractivity contribution is -0.141. The van der Waals surface area contributed by atoms with Gasteiger partial charge in [-0.3, -0.25) is 4.79 Å². The number of likely N-dealkylation sites (tertiary alicyclic amines) is 1. The van der Waals surface area contributed by atoms with Crippen LogP contribution < -0.4 is 0 Å². The number of hydrogen-bond donors (Lipinski definition) is 0. The molecule has 14 heavy (non-hydrogen) atoms. The molecule has 0 radical (unpaired) electrons. The lowest BCUT2D eigenvalue weighted by Crippen LogP contribution is -2.35. The molecule has 0 bridgehead atoms. The molecule has 82 valence electrons. The van der Waals surface area contributed by atoms with Crippen LogP contribution in [0, 0.1) is 5.92 Å². The van der Waals surface area contributed by atoms with E-state index < -0.39 is 0 Å². The lowest BCUT2D eigenvalue weighted by atomic mass is 10.1. The molecule has 0 spiro atoms. The van der Waals surface area contributed by atoms with Gasteiger partial charge in [-0.2, -0.15) is 0 Å². The summed E-state index contributed by atoms with van der Waals surface area (Å²) in [5.41, 5.74) is 0. The molecule has 0 aromatic heterocycles. The number of rotatable bonds is 5. The Balaban J connectivity index is 2.41. The minimum Gasteiger partial charge on any atom is -0.354 e. The second kappa shape index (κ2) is 5.53. The van der Waals surface area contributed by atoms with Crippen molar-refractivity contribution in [3.63, 3.8) is 0 Å². The van der Waals surface area contributed by atoms with Gasteiger partial charge in [0.1, 0.15) is 0 Å². The molecule has 5 heteroatoms. The molecule has 1 aliphatic heterocycles. The van der Waals surface area contributed by atoms with E-state index in [2.05, 4.69) is 0 Å². The fourth-order valence-corrected chi connectivity index (χ4v) is 1.77. The van der Waals surface area contributed by atoms with Gasteiger partial charge in [-0.25, -0.2) is 0 Å². The Morgan fingerprint density at radius 3 is 2.64 bits per heavy atom. The van der Waals surface area contributed by atoms with Gasteiger partial charge in [-0.1, -0.05) is 0 Å². The molecule has 0 saturated carbocycles. The second-order valence-corrected chi connectivity index (χ2v) is 3.73. The Morgan fingerprint density at radius 2 is 2.21 bits per heavy atom. The molecular weight excluding hydrogens is 206 g/mol. The zero-order valence-corrected chi connectivity index (χ0v) is 9.29. The van der Waals surface area contributed by atoms with Gasteiger partial charge in [0.15, 0.2) is 6.29 Å². The predicted octanol–water partition coefficient (Wildman–Crippen LogP) is 0.693. The maximum atomic E-state index is 11.5. The minimum absolute atomic E-state index is 0.134. The highest BCUT2D eigenvalue weighted by molar-refractivity contribution is 6.18. The molecule has 1 heterocycles. The SMILES string of the molecule is COC(CN1CC(CCl)CC1=O)OC. The van der Waals surface area contributed by atoms with Gasteiger partial charge in [0.2, 0.25) is 5.91 Å². The van der Waals surface area contributed by atoms with E-state index in [0.29, 0.717) is 25.4 Å². The van der Waals surface area contributed by atoms with Crippen molar-refractivity contribution in [2.45, 2.75) is 12.7 Å². The van der Waals surface area contributed by atoms with Crippen molar-refractivity contribution in [3.8, 4) is 0 Å². The molecule has 0 aliphatic carbocycles. The van der Waals surface area contributed by atoms with Crippen LogP contribution in [-0.4, -0.2) is 50.3 Å². The summed E-state index contributed by atoms with van der Waals surface area (Å²) in [6, 6.07) is 0. The summed E-state index contributed by atoms with van der Waals surface area (Å²) in [5, 5.41) is 0. The van der Waals surface area contributed by atoms with Crippen LogP contribution in [0.15, 0.2) is 0 Å². The number of carbonyl (C=O) groups is 1. The van der Waals surface area contributed by atoms with Crippen molar-refractivity contribution in [2.24, 2.45) is 5.92 Å². The van der Waals surface area contributed by atoms with E-state index in [1.807, 2.05) is 0 Å². The van der Waals surface area contributed by atoms with Crippen molar-refractivity contribution in [1.82, 2.24) is 4.90 Å². The molecule has 0 aromatic carbocycles. The van der Waals surface area contributed by atoms with Crippen molar-refractivity contribution in [3.05, 3.63) is 0 Å². The van der Waals surface area contributed by atoms with E-state index in [-0.39, 0.29) is 18.1 Å².